The van der Waals surface area contributed by atoms with Gasteiger partial charge in [-0.1, -0.05) is 24.3 Å². The molecule has 1 N–H and O–H groups in total. The molecule has 0 spiro atoms. The van der Waals surface area contributed by atoms with Gasteiger partial charge in [-0.25, -0.2) is 4.39 Å². The van der Waals surface area contributed by atoms with Gasteiger partial charge in [0.1, 0.15) is 23.6 Å². The minimum Gasteiger partial charge on any atom is -0.461 e. The Morgan fingerprint density at radius 2 is 1.87 bits per heavy atom. The van der Waals surface area contributed by atoms with Crippen LogP contribution in [-0.2, 0) is 4.74 Å². The Labute approximate surface area is 225 Å². The number of anilines is 1. The van der Waals surface area contributed by atoms with Crippen LogP contribution in [0.2, 0.25) is 0 Å². The molecular formula is C29H31FN6O3. The van der Waals surface area contributed by atoms with E-state index in [1.165, 1.54) is 6.07 Å². The zero-order valence-electron chi connectivity index (χ0n) is 21.8. The van der Waals surface area contributed by atoms with Crippen LogP contribution in [0.15, 0.2) is 41.3 Å². The summed E-state index contributed by atoms with van der Waals surface area (Å²) in [5.41, 5.74) is 0.196. The van der Waals surface area contributed by atoms with E-state index in [2.05, 4.69) is 24.8 Å². The minimum absolute atomic E-state index is 0.0132. The largest absolute Gasteiger partial charge is 0.461 e. The second kappa shape index (κ2) is 9.84. The van der Waals surface area contributed by atoms with Crippen molar-refractivity contribution in [3.63, 3.8) is 0 Å². The fraction of sp³-hybridized carbons (Fsp3) is 0.448. The van der Waals surface area contributed by atoms with Crippen LogP contribution in [0.4, 0.5) is 10.2 Å². The third-order valence-corrected chi connectivity index (χ3v) is 8.45. The molecule has 4 aromatic rings. The van der Waals surface area contributed by atoms with Crippen molar-refractivity contribution in [2.45, 2.75) is 37.6 Å². The van der Waals surface area contributed by atoms with Crippen molar-refractivity contribution in [2.24, 2.45) is 0 Å². The molecule has 9 nitrogen and oxygen atoms in total. The lowest BCUT2D eigenvalue weighted by Gasteiger charge is -2.31. The second-order valence-electron chi connectivity index (χ2n) is 10.8. The Morgan fingerprint density at radius 1 is 1.03 bits per heavy atom. The molecule has 10 heteroatoms. The van der Waals surface area contributed by atoms with Gasteiger partial charge in [-0.2, -0.15) is 9.97 Å². The van der Waals surface area contributed by atoms with Crippen LogP contribution in [0.5, 0.6) is 6.01 Å². The van der Waals surface area contributed by atoms with E-state index in [1.807, 2.05) is 24.3 Å². The number of nitrogens with zero attached hydrogens (tertiary/aromatic N) is 5. The average Bonchev–Trinajstić information content (AvgIpc) is 3.41. The monoisotopic (exact) mass is 530 g/mol. The average molecular weight is 531 g/mol. The molecule has 3 aromatic heterocycles. The number of hydrogen-bond donors (Lipinski definition) is 1. The Balaban J connectivity index is 1.36. The summed E-state index contributed by atoms with van der Waals surface area (Å²) in [5, 5.41) is 1.93. The van der Waals surface area contributed by atoms with Crippen LogP contribution in [-0.4, -0.2) is 76.4 Å². The van der Waals surface area contributed by atoms with Gasteiger partial charge in [-0.05, 0) is 50.6 Å². The number of aromatic amines is 1. The van der Waals surface area contributed by atoms with Gasteiger partial charge in [0.05, 0.1) is 23.2 Å². The molecule has 202 valence electrons. The maximum Gasteiger partial charge on any atom is 0.319 e. The lowest BCUT2D eigenvalue weighted by Crippen LogP contribution is -2.43. The fourth-order valence-electron chi connectivity index (χ4n) is 6.52. The van der Waals surface area contributed by atoms with Gasteiger partial charge in [-0.15, -0.1) is 0 Å². The van der Waals surface area contributed by atoms with Gasteiger partial charge in [0.25, 0.3) is 0 Å². The Kier molecular flexibility index (Phi) is 6.16. The highest BCUT2D eigenvalue weighted by molar-refractivity contribution is 5.97. The van der Waals surface area contributed by atoms with Crippen molar-refractivity contribution in [1.29, 1.82) is 0 Å². The van der Waals surface area contributed by atoms with Crippen molar-refractivity contribution in [3.8, 4) is 17.4 Å². The summed E-state index contributed by atoms with van der Waals surface area (Å²) in [5.74, 6) is -0.0161. The van der Waals surface area contributed by atoms with E-state index in [9.17, 15) is 4.79 Å². The zero-order valence-corrected chi connectivity index (χ0v) is 21.8. The summed E-state index contributed by atoms with van der Waals surface area (Å²) < 4.78 is 28.3. The fourth-order valence-corrected chi connectivity index (χ4v) is 6.52. The molecule has 3 saturated heterocycles. The Morgan fingerprint density at radius 3 is 2.74 bits per heavy atom. The number of pyridine rings is 2. The van der Waals surface area contributed by atoms with Gasteiger partial charge in [0, 0.05) is 37.3 Å². The Hall–Kier alpha value is -3.63. The number of ether oxygens (including phenoxy) is 2. The standard InChI is InChI=1S/C29H31FN6O3/c30-23-24-21(17-31-26(23)25-20-7-2-1-6-19(20)16-22(37)32-25)27(35-10-5-14-38-15-13-35)34-28(33-24)39-18-29-8-3-11-36(29)12-4-9-29/h1-2,6-7,16-17H,3-5,8-15,18H2,(H,32,37). The van der Waals surface area contributed by atoms with Crippen LogP contribution in [0, 0.1) is 5.82 Å². The van der Waals surface area contributed by atoms with Crippen molar-refractivity contribution >= 4 is 27.5 Å². The number of hydrogen-bond acceptors (Lipinski definition) is 8. The molecule has 0 aliphatic carbocycles. The van der Waals surface area contributed by atoms with Gasteiger partial charge in [0.15, 0.2) is 5.82 Å². The third-order valence-electron chi connectivity index (χ3n) is 8.45. The predicted molar refractivity (Wildman–Crippen MR) is 147 cm³/mol. The molecule has 3 fully saturated rings. The SMILES string of the molecule is O=c1cc2ccccc2c(-c2ncc3c(N4CCCOCC4)nc(OCC45CCCN4CCC5)nc3c2F)[nH]1. The molecule has 39 heavy (non-hydrogen) atoms. The maximum atomic E-state index is 16.4. The number of H-pyrrole nitrogens is 1. The first-order valence-electron chi connectivity index (χ1n) is 13.8. The lowest BCUT2D eigenvalue weighted by atomic mass is 9.95. The molecule has 0 saturated carbocycles. The molecule has 0 bridgehead atoms. The van der Waals surface area contributed by atoms with E-state index in [4.69, 9.17) is 14.5 Å². The summed E-state index contributed by atoms with van der Waals surface area (Å²) in [6.07, 6.45) is 6.95. The van der Waals surface area contributed by atoms with Gasteiger partial charge >= 0.3 is 6.01 Å². The van der Waals surface area contributed by atoms with Crippen LogP contribution in [0.1, 0.15) is 32.1 Å². The van der Waals surface area contributed by atoms with Gasteiger partial charge in [-0.3, -0.25) is 14.7 Å². The quantitative estimate of drug-likeness (QED) is 0.415. The number of aromatic nitrogens is 4. The van der Waals surface area contributed by atoms with Crippen LogP contribution >= 0.6 is 0 Å². The first kappa shape index (κ1) is 24.4. The highest BCUT2D eigenvalue weighted by atomic mass is 19.1. The number of benzene rings is 1. The minimum atomic E-state index is -0.611. The molecule has 0 amide bonds. The van der Waals surface area contributed by atoms with E-state index in [1.54, 1.807) is 6.20 Å². The maximum absolute atomic E-state index is 16.4. The Bertz CT molecular complexity index is 1590. The van der Waals surface area contributed by atoms with Crippen molar-refractivity contribution in [3.05, 3.63) is 52.7 Å². The van der Waals surface area contributed by atoms with Crippen molar-refractivity contribution in [2.75, 3.05) is 50.9 Å². The van der Waals surface area contributed by atoms with E-state index in [-0.39, 0.29) is 28.3 Å². The smallest absolute Gasteiger partial charge is 0.319 e. The zero-order chi connectivity index (χ0) is 26.4. The molecule has 0 unspecified atom stereocenters. The van der Waals surface area contributed by atoms with Crippen LogP contribution in [0.25, 0.3) is 33.1 Å². The molecule has 0 atom stereocenters. The van der Waals surface area contributed by atoms with Crippen molar-refractivity contribution in [1.82, 2.24) is 24.8 Å². The highest BCUT2D eigenvalue weighted by Gasteiger charge is 2.45. The predicted octanol–water partition coefficient (Wildman–Crippen LogP) is 3.91. The van der Waals surface area contributed by atoms with Crippen LogP contribution < -0.4 is 15.2 Å². The summed E-state index contributed by atoms with van der Waals surface area (Å²) in [6, 6.07) is 9.04. The summed E-state index contributed by atoms with van der Waals surface area (Å²) in [6.45, 7) is 5.25. The molecule has 0 radical (unpaired) electrons. The molecule has 6 heterocycles. The van der Waals surface area contributed by atoms with Gasteiger partial charge in [0.2, 0.25) is 5.56 Å². The number of rotatable bonds is 5. The summed E-state index contributed by atoms with van der Waals surface area (Å²) in [7, 11) is 0. The third kappa shape index (κ3) is 4.31. The summed E-state index contributed by atoms with van der Waals surface area (Å²) in [4.78, 5) is 33.7. The van der Waals surface area contributed by atoms with E-state index in [0.717, 1.165) is 51.7 Å². The normalized spacial score (nSPS) is 19.5. The molecule has 3 aliphatic heterocycles. The molecule has 7 rings (SSSR count). The number of nitrogens with one attached hydrogen (secondary N) is 1. The van der Waals surface area contributed by atoms with Crippen LogP contribution in [0.3, 0.4) is 0 Å². The topological polar surface area (TPSA) is 96.5 Å². The molecule has 3 aliphatic rings. The second-order valence-corrected chi connectivity index (χ2v) is 10.8. The lowest BCUT2D eigenvalue weighted by molar-refractivity contribution is 0.108. The number of fused-ring (bicyclic) bond motifs is 3. The first-order chi connectivity index (χ1) is 19.1. The highest BCUT2D eigenvalue weighted by Crippen LogP contribution is 2.39. The van der Waals surface area contributed by atoms with E-state index >= 15 is 4.39 Å². The molecular weight excluding hydrogens is 499 g/mol. The van der Waals surface area contributed by atoms with Gasteiger partial charge < -0.3 is 19.4 Å². The van der Waals surface area contributed by atoms with E-state index < -0.39 is 5.82 Å². The first-order valence-corrected chi connectivity index (χ1v) is 13.8. The van der Waals surface area contributed by atoms with Crippen molar-refractivity contribution < 1.29 is 13.9 Å². The van der Waals surface area contributed by atoms with E-state index in [0.29, 0.717) is 54.0 Å². The summed E-state index contributed by atoms with van der Waals surface area (Å²) >= 11 is 0. The number of halogens is 1. The molecule has 1 aromatic carbocycles.